The van der Waals surface area contributed by atoms with Gasteiger partial charge in [-0.15, -0.1) is 0 Å². The minimum atomic E-state index is 0.918. The van der Waals surface area contributed by atoms with E-state index < -0.39 is 0 Å². The van der Waals surface area contributed by atoms with E-state index in [1.54, 1.807) is 0 Å². The molecule has 0 bridgehead atoms. The first-order valence-corrected chi connectivity index (χ1v) is 16.8. The van der Waals surface area contributed by atoms with Crippen molar-refractivity contribution in [2.45, 2.75) is 0 Å². The van der Waals surface area contributed by atoms with E-state index in [0.29, 0.717) is 0 Å². The lowest BCUT2D eigenvalue weighted by molar-refractivity contribution is 1.08. The molecule has 2 heteroatoms. The molecule has 0 unspecified atom stereocenters. The zero-order valence-corrected chi connectivity index (χ0v) is 26.7. The van der Waals surface area contributed by atoms with Crippen LogP contribution in [-0.4, -0.2) is 9.55 Å². The van der Waals surface area contributed by atoms with Crippen LogP contribution in [0.4, 0.5) is 0 Å². The van der Waals surface area contributed by atoms with Gasteiger partial charge in [0.1, 0.15) is 5.82 Å². The van der Waals surface area contributed by atoms with Crippen molar-refractivity contribution in [2.24, 2.45) is 0 Å². The molecule has 10 aromatic rings. The molecule has 0 N–H and O–H groups in total. The number of benzene rings is 8. The molecule has 49 heavy (non-hydrogen) atoms. The molecule has 0 aliphatic heterocycles. The van der Waals surface area contributed by atoms with Crippen LogP contribution >= 0.6 is 0 Å². The van der Waals surface area contributed by atoms with Gasteiger partial charge in [-0.2, -0.15) is 0 Å². The van der Waals surface area contributed by atoms with Crippen LogP contribution in [0.25, 0.3) is 93.3 Å². The fourth-order valence-electron chi connectivity index (χ4n) is 7.70. The zero-order chi connectivity index (χ0) is 32.3. The second-order valence-corrected chi connectivity index (χ2v) is 12.8. The van der Waals surface area contributed by atoms with Crippen molar-refractivity contribution in [1.82, 2.24) is 9.55 Å². The SMILES string of the molecule is c1cc(-c2ccc(-n3c4ccccc4c4ccccc43)nc2)cc(-c2cccc(-c3ccc4c5ccccc5c5ccccc5c4c3)c2)c1. The summed E-state index contributed by atoms with van der Waals surface area (Å²) in [5.74, 6) is 0.918. The Morgan fingerprint density at radius 1 is 0.286 bits per heavy atom. The van der Waals surface area contributed by atoms with E-state index in [2.05, 4.69) is 180 Å². The molecule has 0 saturated heterocycles. The molecule has 0 aliphatic carbocycles. The monoisotopic (exact) mass is 622 g/mol. The number of pyridine rings is 1. The van der Waals surface area contributed by atoms with Crippen LogP contribution in [0.3, 0.4) is 0 Å². The van der Waals surface area contributed by atoms with Crippen LogP contribution in [0.15, 0.2) is 182 Å². The summed E-state index contributed by atoms with van der Waals surface area (Å²) in [6.45, 7) is 0. The van der Waals surface area contributed by atoms with E-state index >= 15 is 0 Å². The summed E-state index contributed by atoms with van der Waals surface area (Å²) in [5, 5.41) is 10.2. The predicted octanol–water partition coefficient (Wildman–Crippen LogP) is 12.6. The van der Waals surface area contributed by atoms with Crippen LogP contribution < -0.4 is 0 Å². The summed E-state index contributed by atoms with van der Waals surface area (Å²) in [7, 11) is 0. The Morgan fingerprint density at radius 3 is 1.20 bits per heavy atom. The largest absolute Gasteiger partial charge is 0.294 e. The second-order valence-electron chi connectivity index (χ2n) is 12.8. The highest BCUT2D eigenvalue weighted by Gasteiger charge is 2.13. The standard InChI is InChI=1S/C47H30N2/c1-2-17-39-37(15-1)38-16-3-4-18-40(38)44-29-35(23-25-41(39)44)33-13-9-11-31(27-33)32-12-10-14-34(28-32)36-24-26-47(48-30-36)49-45-21-7-5-19-42(45)43-20-6-8-22-46(43)49/h1-30H. The first-order valence-electron chi connectivity index (χ1n) is 16.8. The summed E-state index contributed by atoms with van der Waals surface area (Å²) in [5.41, 5.74) is 9.37. The Labute approximate surface area is 284 Å². The summed E-state index contributed by atoms with van der Waals surface area (Å²) in [6.07, 6.45) is 2.00. The van der Waals surface area contributed by atoms with Crippen LogP contribution in [0.2, 0.25) is 0 Å². The van der Waals surface area contributed by atoms with Gasteiger partial charge in [-0.05, 0) is 103 Å². The van der Waals surface area contributed by atoms with Crippen LogP contribution in [0.5, 0.6) is 0 Å². The number of rotatable bonds is 4. The van der Waals surface area contributed by atoms with Crippen molar-refractivity contribution in [2.75, 3.05) is 0 Å². The Hall–Kier alpha value is -6.51. The molecule has 228 valence electrons. The highest BCUT2D eigenvalue weighted by Crippen LogP contribution is 2.38. The minimum absolute atomic E-state index is 0.918. The van der Waals surface area contributed by atoms with Gasteiger partial charge in [0.25, 0.3) is 0 Å². The summed E-state index contributed by atoms with van der Waals surface area (Å²) in [4.78, 5) is 4.98. The average Bonchev–Trinajstić information content (AvgIpc) is 3.52. The van der Waals surface area contributed by atoms with Gasteiger partial charge in [0.05, 0.1) is 11.0 Å². The number of hydrogen-bond donors (Lipinski definition) is 0. The first-order chi connectivity index (χ1) is 24.3. The molecule has 8 aromatic carbocycles. The molecule has 0 atom stereocenters. The summed E-state index contributed by atoms with van der Waals surface area (Å²) >= 11 is 0. The predicted molar refractivity (Wildman–Crippen MR) is 207 cm³/mol. The third-order valence-corrected chi connectivity index (χ3v) is 10.0. The topological polar surface area (TPSA) is 17.8 Å². The molecule has 10 rings (SSSR count). The van der Waals surface area contributed by atoms with Gasteiger partial charge < -0.3 is 0 Å². The van der Waals surface area contributed by atoms with Crippen molar-refractivity contribution in [3.05, 3.63) is 182 Å². The number of aromatic nitrogens is 2. The van der Waals surface area contributed by atoms with E-state index in [9.17, 15) is 0 Å². The number of fused-ring (bicyclic) bond motifs is 9. The number of nitrogens with zero attached hydrogens (tertiary/aromatic N) is 2. The number of hydrogen-bond acceptors (Lipinski definition) is 1. The Kier molecular flexibility index (Phi) is 6.22. The smallest absolute Gasteiger partial charge is 0.137 e. The molecule has 0 spiro atoms. The summed E-state index contributed by atoms with van der Waals surface area (Å²) < 4.78 is 2.26. The molecule has 2 nitrogen and oxygen atoms in total. The minimum Gasteiger partial charge on any atom is -0.294 e. The van der Waals surface area contributed by atoms with Crippen LogP contribution in [0, 0.1) is 0 Å². The van der Waals surface area contributed by atoms with E-state index in [1.165, 1.54) is 76.4 Å². The third kappa shape index (κ3) is 4.46. The van der Waals surface area contributed by atoms with Gasteiger partial charge in [-0.25, -0.2) is 4.98 Å². The molecular formula is C47H30N2. The molecule has 0 amide bonds. The van der Waals surface area contributed by atoms with Gasteiger partial charge in [0.15, 0.2) is 0 Å². The van der Waals surface area contributed by atoms with Crippen molar-refractivity contribution in [3.63, 3.8) is 0 Å². The van der Waals surface area contributed by atoms with E-state index in [1.807, 2.05) is 6.20 Å². The lowest BCUT2D eigenvalue weighted by Crippen LogP contribution is -1.97. The summed E-state index contributed by atoms with van der Waals surface area (Å²) in [6, 6.07) is 63.6. The Bertz CT molecular complexity index is 2790. The molecule has 0 saturated carbocycles. The maximum atomic E-state index is 4.98. The first kappa shape index (κ1) is 27.6. The maximum Gasteiger partial charge on any atom is 0.137 e. The quantitative estimate of drug-likeness (QED) is 0.179. The van der Waals surface area contributed by atoms with E-state index in [0.717, 1.165) is 16.9 Å². The molecule has 0 fully saturated rings. The molecule has 0 aliphatic rings. The highest BCUT2D eigenvalue weighted by molar-refractivity contribution is 6.25. The molecule has 0 radical (unpaired) electrons. The van der Waals surface area contributed by atoms with Crippen LogP contribution in [0.1, 0.15) is 0 Å². The third-order valence-electron chi connectivity index (χ3n) is 10.0. The van der Waals surface area contributed by atoms with Gasteiger partial charge in [0, 0.05) is 22.5 Å². The molecule has 2 aromatic heterocycles. The van der Waals surface area contributed by atoms with Crippen LogP contribution in [-0.2, 0) is 0 Å². The highest BCUT2D eigenvalue weighted by atomic mass is 15.1. The van der Waals surface area contributed by atoms with Crippen molar-refractivity contribution >= 4 is 54.1 Å². The number of para-hydroxylation sites is 2. The van der Waals surface area contributed by atoms with Gasteiger partial charge in [-0.3, -0.25) is 4.57 Å². The van der Waals surface area contributed by atoms with Gasteiger partial charge in [-0.1, -0.05) is 133 Å². The fraction of sp³-hybridized carbons (Fsp3) is 0. The van der Waals surface area contributed by atoms with Crippen molar-refractivity contribution < 1.29 is 0 Å². The molecule has 2 heterocycles. The van der Waals surface area contributed by atoms with E-state index in [4.69, 9.17) is 4.98 Å². The maximum absolute atomic E-state index is 4.98. The zero-order valence-electron chi connectivity index (χ0n) is 26.7. The van der Waals surface area contributed by atoms with Crippen molar-refractivity contribution in [3.8, 4) is 39.2 Å². The van der Waals surface area contributed by atoms with Gasteiger partial charge >= 0.3 is 0 Å². The fourth-order valence-corrected chi connectivity index (χ4v) is 7.70. The van der Waals surface area contributed by atoms with E-state index in [-0.39, 0.29) is 0 Å². The Morgan fingerprint density at radius 2 is 0.694 bits per heavy atom. The lowest BCUT2D eigenvalue weighted by Gasteiger charge is -2.13. The van der Waals surface area contributed by atoms with Crippen molar-refractivity contribution in [1.29, 1.82) is 0 Å². The Balaban J connectivity index is 1.02. The lowest BCUT2D eigenvalue weighted by atomic mass is 9.91. The molecular weight excluding hydrogens is 593 g/mol. The average molecular weight is 623 g/mol. The van der Waals surface area contributed by atoms with Gasteiger partial charge in [0.2, 0.25) is 0 Å². The second kappa shape index (κ2) is 11.0. The normalized spacial score (nSPS) is 11.7.